The zero-order valence-electron chi connectivity index (χ0n) is 17.9. The highest BCUT2D eigenvalue weighted by Crippen LogP contribution is 2.35. The summed E-state index contributed by atoms with van der Waals surface area (Å²) in [4.78, 5) is 34.4. The number of fused-ring (bicyclic) bond motifs is 1. The van der Waals surface area contributed by atoms with E-state index in [0.717, 1.165) is 29.7 Å². The lowest BCUT2D eigenvalue weighted by Gasteiger charge is -2.13. The maximum atomic E-state index is 13.5. The maximum Gasteiger partial charge on any atom is 0.266 e. The average Bonchev–Trinajstić information content (AvgIpc) is 3.05. The molecule has 32 heavy (non-hydrogen) atoms. The summed E-state index contributed by atoms with van der Waals surface area (Å²) in [5.41, 5.74) is 1.72. The number of pyridine rings is 1. The van der Waals surface area contributed by atoms with Crippen LogP contribution >= 0.6 is 35.7 Å². The van der Waals surface area contributed by atoms with Gasteiger partial charge in [-0.05, 0) is 43.2 Å². The minimum Gasteiger partial charge on any atom is -0.293 e. The molecule has 1 amide bonds. The Labute approximate surface area is 200 Å². The number of hydrogen-bond donors (Lipinski definition) is 0. The molecule has 3 aromatic rings. The lowest BCUT2D eigenvalue weighted by Crippen LogP contribution is -2.29. The molecule has 164 valence electrons. The van der Waals surface area contributed by atoms with Crippen LogP contribution in [-0.2, 0) is 4.79 Å². The Hall–Kier alpha value is -2.42. The van der Waals surface area contributed by atoms with Crippen LogP contribution in [0.15, 0.2) is 68.3 Å². The highest BCUT2D eigenvalue weighted by molar-refractivity contribution is 8.26. The summed E-state index contributed by atoms with van der Waals surface area (Å²) >= 11 is 8.12. The minimum atomic E-state index is -0.201. The maximum absolute atomic E-state index is 13.5. The van der Waals surface area contributed by atoms with E-state index in [1.54, 1.807) is 17.2 Å². The molecule has 0 spiro atoms. The molecule has 2 aromatic heterocycles. The second-order valence-electron chi connectivity index (χ2n) is 7.48. The monoisotopic (exact) mass is 481 g/mol. The van der Waals surface area contributed by atoms with Gasteiger partial charge in [0.05, 0.1) is 10.5 Å². The first-order valence-corrected chi connectivity index (χ1v) is 12.5. The fraction of sp³-hybridized carbons (Fsp3) is 0.250. The van der Waals surface area contributed by atoms with Gasteiger partial charge in [-0.15, -0.1) is 0 Å². The topological polar surface area (TPSA) is 54.7 Å². The molecule has 1 aliphatic rings. The van der Waals surface area contributed by atoms with Crippen LogP contribution in [0, 0.1) is 6.92 Å². The van der Waals surface area contributed by atoms with Gasteiger partial charge in [-0.25, -0.2) is 4.98 Å². The molecule has 0 saturated carbocycles. The summed E-state index contributed by atoms with van der Waals surface area (Å²) in [7, 11) is 0. The van der Waals surface area contributed by atoms with Gasteiger partial charge in [-0.1, -0.05) is 79.8 Å². The van der Waals surface area contributed by atoms with Gasteiger partial charge in [0.25, 0.3) is 11.5 Å². The van der Waals surface area contributed by atoms with E-state index < -0.39 is 0 Å². The van der Waals surface area contributed by atoms with Crippen molar-refractivity contribution in [1.29, 1.82) is 0 Å². The number of thiocarbonyl (C=S) groups is 1. The van der Waals surface area contributed by atoms with Crippen LogP contribution in [-0.4, -0.2) is 31.1 Å². The third-order valence-electron chi connectivity index (χ3n) is 5.14. The Kier molecular flexibility index (Phi) is 7.13. The molecule has 3 heterocycles. The fourth-order valence-electron chi connectivity index (χ4n) is 3.44. The summed E-state index contributed by atoms with van der Waals surface area (Å²) in [6, 6.07) is 13.5. The average molecular weight is 482 g/mol. The molecule has 8 heteroatoms. The van der Waals surface area contributed by atoms with Crippen LogP contribution in [0.1, 0.15) is 37.3 Å². The molecule has 0 bridgehead atoms. The molecular weight excluding hydrogens is 458 g/mol. The first kappa shape index (κ1) is 22.8. The van der Waals surface area contributed by atoms with E-state index in [4.69, 9.17) is 17.2 Å². The lowest BCUT2D eigenvalue weighted by atomic mass is 10.2. The van der Waals surface area contributed by atoms with Gasteiger partial charge in [-0.2, -0.15) is 0 Å². The molecule has 1 saturated heterocycles. The van der Waals surface area contributed by atoms with E-state index in [-0.39, 0.29) is 11.5 Å². The summed E-state index contributed by atoms with van der Waals surface area (Å²) in [5.74, 6) is -0.138. The smallest absolute Gasteiger partial charge is 0.266 e. The number of carbonyl (C=O) groups excluding carboxylic acids is 1. The molecule has 1 aliphatic heterocycles. The van der Waals surface area contributed by atoms with Crippen molar-refractivity contribution >= 4 is 57.7 Å². The minimum absolute atomic E-state index is 0.138. The van der Waals surface area contributed by atoms with Gasteiger partial charge in [0.15, 0.2) is 0 Å². The van der Waals surface area contributed by atoms with E-state index >= 15 is 0 Å². The van der Waals surface area contributed by atoms with Crippen LogP contribution < -0.4 is 5.56 Å². The van der Waals surface area contributed by atoms with Gasteiger partial charge in [0.1, 0.15) is 15.0 Å². The highest BCUT2D eigenvalue weighted by Gasteiger charge is 2.32. The van der Waals surface area contributed by atoms with Gasteiger partial charge in [0, 0.05) is 17.6 Å². The largest absolute Gasteiger partial charge is 0.293 e. The SMILES string of the molecule is CCCCCN1C(=O)/C(=C/c2c(Sc3ccccc3)nc3c(C)cccn3c2=O)SC1=S. The third-order valence-corrected chi connectivity index (χ3v) is 7.53. The standard InChI is InChI=1S/C24H23N3O2S3/c1-3-4-8-13-27-23(29)19(32-24(27)30)15-18-21(31-17-11-6-5-7-12-17)25-20-16(2)10-9-14-26(20)22(18)28/h5-7,9-12,14-15H,3-4,8,13H2,1-2H3/b19-15-. The number of amides is 1. The zero-order valence-corrected chi connectivity index (χ0v) is 20.4. The lowest BCUT2D eigenvalue weighted by molar-refractivity contribution is -0.122. The number of hydrogen-bond acceptors (Lipinski definition) is 6. The Bertz CT molecular complexity index is 1270. The molecule has 1 aromatic carbocycles. The third kappa shape index (κ3) is 4.67. The quantitative estimate of drug-likeness (QED) is 0.191. The van der Waals surface area contributed by atoms with Crippen LogP contribution in [0.2, 0.25) is 0 Å². The zero-order chi connectivity index (χ0) is 22.7. The summed E-state index contributed by atoms with van der Waals surface area (Å²) in [6.07, 6.45) is 6.40. The van der Waals surface area contributed by atoms with Crippen molar-refractivity contribution in [2.75, 3.05) is 6.54 Å². The first-order valence-electron chi connectivity index (χ1n) is 10.5. The van der Waals surface area contributed by atoms with Gasteiger partial charge in [-0.3, -0.25) is 18.9 Å². The summed E-state index contributed by atoms with van der Waals surface area (Å²) in [6.45, 7) is 4.66. The van der Waals surface area contributed by atoms with Crippen molar-refractivity contribution in [1.82, 2.24) is 14.3 Å². The number of nitrogens with zero attached hydrogens (tertiary/aromatic N) is 3. The molecule has 0 N–H and O–H groups in total. The Morgan fingerprint density at radius 2 is 1.91 bits per heavy atom. The highest BCUT2D eigenvalue weighted by atomic mass is 32.2. The predicted octanol–water partition coefficient (Wildman–Crippen LogP) is 5.55. The Morgan fingerprint density at radius 1 is 1.12 bits per heavy atom. The van der Waals surface area contributed by atoms with E-state index in [9.17, 15) is 9.59 Å². The van der Waals surface area contributed by atoms with E-state index in [1.165, 1.54) is 27.9 Å². The molecule has 1 fully saturated rings. The van der Waals surface area contributed by atoms with Gasteiger partial charge < -0.3 is 0 Å². The Morgan fingerprint density at radius 3 is 2.66 bits per heavy atom. The number of thioether (sulfide) groups is 1. The molecule has 4 rings (SSSR count). The van der Waals surface area contributed by atoms with E-state index in [2.05, 4.69) is 6.92 Å². The van der Waals surface area contributed by atoms with Crippen molar-refractivity contribution in [3.8, 4) is 0 Å². The summed E-state index contributed by atoms with van der Waals surface area (Å²) < 4.78 is 2.08. The van der Waals surface area contributed by atoms with E-state index in [1.807, 2.05) is 49.4 Å². The van der Waals surface area contributed by atoms with Crippen molar-refractivity contribution in [2.45, 2.75) is 43.0 Å². The predicted molar refractivity (Wildman–Crippen MR) is 136 cm³/mol. The van der Waals surface area contributed by atoms with Gasteiger partial charge >= 0.3 is 0 Å². The van der Waals surface area contributed by atoms with Crippen LogP contribution in [0.25, 0.3) is 11.7 Å². The van der Waals surface area contributed by atoms with Crippen LogP contribution in [0.4, 0.5) is 0 Å². The molecule has 0 radical (unpaired) electrons. The number of carbonyl (C=O) groups is 1. The van der Waals surface area contributed by atoms with Gasteiger partial charge in [0.2, 0.25) is 0 Å². The first-order chi connectivity index (χ1) is 15.5. The molecule has 0 atom stereocenters. The molecular formula is C24H23N3O2S3. The molecule has 0 aliphatic carbocycles. The number of benzene rings is 1. The number of rotatable bonds is 7. The molecule has 5 nitrogen and oxygen atoms in total. The van der Waals surface area contributed by atoms with Crippen molar-refractivity contribution in [2.24, 2.45) is 0 Å². The normalized spacial score (nSPS) is 15.3. The van der Waals surface area contributed by atoms with Crippen molar-refractivity contribution in [3.05, 3.63) is 75.0 Å². The number of aryl methyl sites for hydroxylation is 1. The molecule has 0 unspecified atom stereocenters. The Balaban J connectivity index is 1.80. The van der Waals surface area contributed by atoms with E-state index in [0.29, 0.717) is 32.0 Å². The van der Waals surface area contributed by atoms with Crippen molar-refractivity contribution < 1.29 is 4.79 Å². The second-order valence-corrected chi connectivity index (χ2v) is 10.2. The van der Waals surface area contributed by atoms with Crippen molar-refractivity contribution in [3.63, 3.8) is 0 Å². The number of aromatic nitrogens is 2. The number of unbranched alkanes of at least 4 members (excludes halogenated alkanes) is 2. The summed E-state index contributed by atoms with van der Waals surface area (Å²) in [5, 5.41) is 0.576. The van der Waals surface area contributed by atoms with Crippen LogP contribution in [0.3, 0.4) is 0 Å². The fourth-order valence-corrected chi connectivity index (χ4v) is 5.63. The second kappa shape index (κ2) is 10.0. The van der Waals surface area contributed by atoms with Crippen LogP contribution in [0.5, 0.6) is 0 Å².